The summed E-state index contributed by atoms with van der Waals surface area (Å²) in [6.45, 7) is 1.94. The van der Waals surface area contributed by atoms with Gasteiger partial charge >= 0.3 is 5.97 Å². The molecule has 0 radical (unpaired) electrons. The van der Waals surface area contributed by atoms with E-state index in [1.54, 1.807) is 6.92 Å². The number of carbonyl (C=O) groups excluding carboxylic acids is 1. The monoisotopic (exact) mass is 291 g/mol. The lowest BCUT2D eigenvalue weighted by Crippen LogP contribution is -2.35. The lowest BCUT2D eigenvalue weighted by molar-refractivity contribution is -0.144. The van der Waals surface area contributed by atoms with Crippen LogP contribution in [0.25, 0.3) is 0 Å². The van der Waals surface area contributed by atoms with Gasteiger partial charge in [-0.1, -0.05) is 6.07 Å². The van der Waals surface area contributed by atoms with Crippen LogP contribution in [0.3, 0.4) is 0 Å². The third kappa shape index (κ3) is 2.87. The second kappa shape index (κ2) is 5.83. The molecule has 1 heterocycles. The van der Waals surface area contributed by atoms with Crippen LogP contribution < -0.4 is 5.32 Å². The topological polar surface area (TPSA) is 38.3 Å². The van der Waals surface area contributed by atoms with E-state index in [9.17, 15) is 18.0 Å². The molecule has 0 amide bonds. The Morgan fingerprint density at radius 1 is 1.42 bits per heavy atom. The standard InChI is InChI=1S/C12H12F3NO2S/c1-2-18-12(17)8-5-19-11(16-8)6-3-4-7(13)10(15)9(6)14/h3-4,8,11,16H,2,5H2,1H3/t8-,11?/m1/s1. The maximum absolute atomic E-state index is 13.6. The fraction of sp³-hybridized carbons (Fsp3) is 0.417. The van der Waals surface area contributed by atoms with Crippen LogP contribution in [0.1, 0.15) is 17.9 Å². The van der Waals surface area contributed by atoms with E-state index in [0.717, 1.165) is 6.07 Å². The van der Waals surface area contributed by atoms with Crippen molar-refractivity contribution in [2.75, 3.05) is 12.4 Å². The van der Waals surface area contributed by atoms with Gasteiger partial charge in [-0.15, -0.1) is 11.8 Å². The van der Waals surface area contributed by atoms with E-state index < -0.39 is 34.8 Å². The third-order valence-corrected chi connectivity index (χ3v) is 3.95. The zero-order chi connectivity index (χ0) is 14.0. The van der Waals surface area contributed by atoms with E-state index >= 15 is 0 Å². The number of carbonyl (C=O) groups is 1. The van der Waals surface area contributed by atoms with Gasteiger partial charge in [-0.25, -0.2) is 13.2 Å². The zero-order valence-electron chi connectivity index (χ0n) is 10.1. The maximum atomic E-state index is 13.6. The van der Waals surface area contributed by atoms with Crippen molar-refractivity contribution in [3.63, 3.8) is 0 Å². The molecule has 3 nitrogen and oxygen atoms in total. The minimum absolute atomic E-state index is 0.00398. The van der Waals surface area contributed by atoms with Crippen molar-refractivity contribution in [1.29, 1.82) is 0 Å². The molecular weight excluding hydrogens is 279 g/mol. The average Bonchev–Trinajstić information content (AvgIpc) is 2.86. The molecular formula is C12H12F3NO2S. The number of halogens is 3. The number of esters is 1. The summed E-state index contributed by atoms with van der Waals surface area (Å²) < 4.78 is 44.4. The largest absolute Gasteiger partial charge is 0.465 e. The van der Waals surface area contributed by atoms with Crippen LogP contribution in [0.5, 0.6) is 0 Å². The summed E-state index contributed by atoms with van der Waals surface area (Å²) in [5.41, 5.74) is -0.00398. The van der Waals surface area contributed by atoms with Crippen LogP contribution in [-0.4, -0.2) is 24.4 Å². The fourth-order valence-corrected chi connectivity index (χ4v) is 3.01. The van der Waals surface area contributed by atoms with Crippen LogP contribution in [0, 0.1) is 17.5 Å². The number of ether oxygens (including phenoxy) is 1. The second-order valence-electron chi connectivity index (χ2n) is 3.95. The minimum Gasteiger partial charge on any atom is -0.465 e. The molecule has 0 bridgehead atoms. The Labute approximate surface area is 112 Å². The predicted molar refractivity (Wildman–Crippen MR) is 65.1 cm³/mol. The minimum atomic E-state index is -1.50. The number of hydrogen-bond acceptors (Lipinski definition) is 4. The summed E-state index contributed by atoms with van der Waals surface area (Å²) in [7, 11) is 0. The Balaban J connectivity index is 2.13. The van der Waals surface area contributed by atoms with Crippen LogP contribution in [0.15, 0.2) is 12.1 Å². The first-order valence-corrected chi connectivity index (χ1v) is 6.77. The normalized spacial score (nSPS) is 22.5. The summed E-state index contributed by atoms with van der Waals surface area (Å²) in [6.07, 6.45) is 0. The van der Waals surface area contributed by atoms with Crippen LogP contribution in [0.2, 0.25) is 0 Å². The molecule has 1 aromatic rings. The molecule has 2 atom stereocenters. The first kappa shape index (κ1) is 14.2. The summed E-state index contributed by atoms with van der Waals surface area (Å²) in [4.78, 5) is 11.5. The van der Waals surface area contributed by atoms with Crippen molar-refractivity contribution in [3.8, 4) is 0 Å². The lowest BCUT2D eigenvalue weighted by Gasteiger charge is -2.13. The van der Waals surface area contributed by atoms with Crippen molar-refractivity contribution in [3.05, 3.63) is 35.1 Å². The van der Waals surface area contributed by atoms with Crippen molar-refractivity contribution in [2.45, 2.75) is 18.3 Å². The number of rotatable bonds is 3. The van der Waals surface area contributed by atoms with Gasteiger partial charge in [-0.2, -0.15) is 0 Å². The highest BCUT2D eigenvalue weighted by atomic mass is 32.2. The molecule has 1 aromatic carbocycles. The molecule has 2 rings (SSSR count). The molecule has 7 heteroatoms. The molecule has 1 aliphatic rings. The van der Waals surface area contributed by atoms with E-state index in [1.807, 2.05) is 0 Å². The van der Waals surface area contributed by atoms with Gasteiger partial charge in [-0.3, -0.25) is 10.1 Å². The van der Waals surface area contributed by atoms with Gasteiger partial charge in [-0.05, 0) is 13.0 Å². The fourth-order valence-electron chi connectivity index (χ4n) is 1.77. The molecule has 0 spiro atoms. The van der Waals surface area contributed by atoms with E-state index in [4.69, 9.17) is 4.74 Å². The predicted octanol–water partition coefficient (Wildman–Crippen LogP) is 2.37. The molecule has 104 valence electrons. The number of benzene rings is 1. The molecule has 0 saturated carbocycles. The van der Waals surface area contributed by atoms with Gasteiger partial charge in [0, 0.05) is 11.3 Å². The van der Waals surface area contributed by atoms with Gasteiger partial charge in [0.1, 0.15) is 6.04 Å². The highest BCUT2D eigenvalue weighted by Gasteiger charge is 2.33. The third-order valence-electron chi connectivity index (χ3n) is 2.70. The summed E-state index contributed by atoms with van der Waals surface area (Å²) in [6, 6.07) is 1.47. The molecule has 0 aliphatic carbocycles. The van der Waals surface area contributed by atoms with E-state index in [-0.39, 0.29) is 12.2 Å². The molecule has 0 aromatic heterocycles. The highest BCUT2D eigenvalue weighted by Crippen LogP contribution is 2.35. The Morgan fingerprint density at radius 2 is 2.16 bits per heavy atom. The van der Waals surface area contributed by atoms with Gasteiger partial charge < -0.3 is 4.74 Å². The maximum Gasteiger partial charge on any atom is 0.324 e. The van der Waals surface area contributed by atoms with E-state index in [0.29, 0.717) is 5.75 Å². The number of thioether (sulfide) groups is 1. The Morgan fingerprint density at radius 3 is 2.84 bits per heavy atom. The van der Waals surface area contributed by atoms with Crippen molar-refractivity contribution >= 4 is 17.7 Å². The molecule has 19 heavy (non-hydrogen) atoms. The first-order chi connectivity index (χ1) is 9.04. The summed E-state index contributed by atoms with van der Waals surface area (Å²) in [5, 5.41) is 2.25. The lowest BCUT2D eigenvalue weighted by atomic mass is 10.2. The SMILES string of the molecule is CCOC(=O)[C@H]1CSC(c2ccc(F)c(F)c2F)N1. The Hall–Kier alpha value is -1.21. The zero-order valence-corrected chi connectivity index (χ0v) is 10.9. The molecule has 1 N–H and O–H groups in total. The first-order valence-electron chi connectivity index (χ1n) is 5.72. The quantitative estimate of drug-likeness (QED) is 0.685. The Kier molecular flexibility index (Phi) is 4.36. The van der Waals surface area contributed by atoms with Gasteiger partial charge in [0.05, 0.1) is 12.0 Å². The molecule has 1 saturated heterocycles. The van der Waals surface area contributed by atoms with E-state index in [1.165, 1.54) is 17.8 Å². The smallest absolute Gasteiger partial charge is 0.324 e. The molecule has 1 unspecified atom stereocenters. The second-order valence-corrected chi connectivity index (χ2v) is 5.09. The number of nitrogens with one attached hydrogen (secondary N) is 1. The van der Waals surface area contributed by atoms with Crippen molar-refractivity contribution < 1.29 is 22.7 Å². The Bertz CT molecular complexity index is 498. The van der Waals surface area contributed by atoms with Crippen molar-refractivity contribution in [2.24, 2.45) is 0 Å². The van der Waals surface area contributed by atoms with Crippen LogP contribution in [-0.2, 0) is 9.53 Å². The molecule has 1 aliphatic heterocycles. The highest BCUT2D eigenvalue weighted by molar-refractivity contribution is 7.99. The van der Waals surface area contributed by atoms with Gasteiger partial charge in [0.25, 0.3) is 0 Å². The average molecular weight is 291 g/mol. The van der Waals surface area contributed by atoms with Crippen molar-refractivity contribution in [1.82, 2.24) is 5.32 Å². The number of hydrogen-bond donors (Lipinski definition) is 1. The summed E-state index contributed by atoms with van der Waals surface area (Å²) in [5.74, 6) is -4.00. The van der Waals surface area contributed by atoms with Gasteiger partial charge in [0.15, 0.2) is 17.5 Å². The van der Waals surface area contributed by atoms with E-state index in [2.05, 4.69) is 5.32 Å². The summed E-state index contributed by atoms with van der Waals surface area (Å²) >= 11 is 1.25. The van der Waals surface area contributed by atoms with Crippen LogP contribution >= 0.6 is 11.8 Å². The molecule has 1 fully saturated rings. The van der Waals surface area contributed by atoms with Gasteiger partial charge in [0.2, 0.25) is 0 Å². The van der Waals surface area contributed by atoms with Crippen LogP contribution in [0.4, 0.5) is 13.2 Å².